The third-order valence-electron chi connectivity index (χ3n) is 2.48. The standard InChI is InChI=1S/C13H9Br3FNO2/c1-19-11-3-8(16)12(4-7(11)15)20-13-2-6(14)9(17)5-10(13)18/h2-5H,18H2,1H3. The molecule has 0 radical (unpaired) electrons. The Morgan fingerprint density at radius 1 is 0.900 bits per heavy atom. The lowest BCUT2D eigenvalue weighted by atomic mass is 10.3. The van der Waals surface area contributed by atoms with E-state index in [2.05, 4.69) is 47.8 Å². The molecule has 2 aromatic rings. The maximum absolute atomic E-state index is 13.3. The molecule has 0 bridgehead atoms. The van der Waals surface area contributed by atoms with E-state index in [1.807, 2.05) is 0 Å². The van der Waals surface area contributed by atoms with E-state index in [0.29, 0.717) is 21.7 Å². The van der Waals surface area contributed by atoms with Crippen molar-refractivity contribution in [1.82, 2.24) is 0 Å². The van der Waals surface area contributed by atoms with E-state index in [1.54, 1.807) is 19.2 Å². The van der Waals surface area contributed by atoms with Crippen molar-refractivity contribution in [3.05, 3.63) is 43.5 Å². The molecule has 0 aliphatic rings. The molecule has 106 valence electrons. The van der Waals surface area contributed by atoms with Gasteiger partial charge in [0.05, 0.1) is 26.2 Å². The average Bonchev–Trinajstić information content (AvgIpc) is 2.39. The topological polar surface area (TPSA) is 44.5 Å². The number of ether oxygens (including phenoxy) is 2. The number of benzene rings is 2. The molecule has 2 N–H and O–H groups in total. The largest absolute Gasteiger partial charge is 0.496 e. The van der Waals surface area contributed by atoms with E-state index in [9.17, 15) is 4.39 Å². The summed E-state index contributed by atoms with van der Waals surface area (Å²) in [5.41, 5.74) is 5.96. The summed E-state index contributed by atoms with van der Waals surface area (Å²) in [7, 11) is 1.57. The highest BCUT2D eigenvalue weighted by Crippen LogP contribution is 2.40. The van der Waals surface area contributed by atoms with Crippen LogP contribution in [-0.2, 0) is 0 Å². The summed E-state index contributed by atoms with van der Waals surface area (Å²) in [6, 6.07) is 6.18. The van der Waals surface area contributed by atoms with Gasteiger partial charge in [0.25, 0.3) is 0 Å². The van der Waals surface area contributed by atoms with Crippen molar-refractivity contribution in [2.75, 3.05) is 12.8 Å². The number of nitrogens with two attached hydrogens (primary N) is 1. The fraction of sp³-hybridized carbons (Fsp3) is 0.0769. The third-order valence-corrected chi connectivity index (χ3v) is 4.33. The van der Waals surface area contributed by atoms with Gasteiger partial charge in [0.2, 0.25) is 0 Å². The van der Waals surface area contributed by atoms with Gasteiger partial charge in [-0.25, -0.2) is 4.39 Å². The molecule has 2 rings (SSSR count). The number of nitrogen functional groups attached to an aromatic ring is 1. The maximum atomic E-state index is 13.3. The Hall–Kier alpha value is -0.790. The lowest BCUT2D eigenvalue weighted by molar-refractivity contribution is 0.409. The smallest absolute Gasteiger partial charge is 0.151 e. The fourth-order valence-electron chi connectivity index (χ4n) is 1.50. The SMILES string of the molecule is COc1cc(Br)c(Oc2cc(Br)c(F)cc2N)cc1Br. The second kappa shape index (κ2) is 6.32. The molecule has 0 aliphatic carbocycles. The number of anilines is 1. The highest BCUT2D eigenvalue weighted by atomic mass is 79.9. The Bertz CT molecular complexity index is 665. The molecule has 0 aliphatic heterocycles. The Labute approximate surface area is 140 Å². The maximum Gasteiger partial charge on any atom is 0.151 e. The van der Waals surface area contributed by atoms with Crippen LogP contribution in [0.3, 0.4) is 0 Å². The van der Waals surface area contributed by atoms with Gasteiger partial charge in [0.15, 0.2) is 5.75 Å². The van der Waals surface area contributed by atoms with Crippen LogP contribution < -0.4 is 15.2 Å². The van der Waals surface area contributed by atoms with Crippen LogP contribution >= 0.6 is 47.8 Å². The van der Waals surface area contributed by atoms with Gasteiger partial charge in [-0.1, -0.05) is 0 Å². The molecule has 0 saturated carbocycles. The first-order valence-corrected chi connectivity index (χ1v) is 7.75. The highest BCUT2D eigenvalue weighted by molar-refractivity contribution is 9.11. The van der Waals surface area contributed by atoms with Crippen molar-refractivity contribution >= 4 is 53.5 Å². The van der Waals surface area contributed by atoms with Crippen molar-refractivity contribution < 1.29 is 13.9 Å². The van der Waals surface area contributed by atoms with E-state index >= 15 is 0 Å². The monoisotopic (exact) mass is 467 g/mol. The van der Waals surface area contributed by atoms with Crippen molar-refractivity contribution in [3.8, 4) is 17.2 Å². The van der Waals surface area contributed by atoms with E-state index in [1.165, 1.54) is 12.1 Å². The van der Waals surface area contributed by atoms with Crippen LogP contribution in [0.5, 0.6) is 17.2 Å². The second-order valence-electron chi connectivity index (χ2n) is 3.82. The van der Waals surface area contributed by atoms with Gasteiger partial charge in [-0.05, 0) is 59.9 Å². The van der Waals surface area contributed by atoms with Crippen molar-refractivity contribution in [2.24, 2.45) is 0 Å². The second-order valence-corrected chi connectivity index (χ2v) is 6.39. The third kappa shape index (κ3) is 3.27. The number of hydrogen-bond acceptors (Lipinski definition) is 3. The van der Waals surface area contributed by atoms with Crippen LogP contribution in [0.2, 0.25) is 0 Å². The van der Waals surface area contributed by atoms with Crippen LogP contribution in [0.25, 0.3) is 0 Å². The number of rotatable bonds is 3. The Balaban J connectivity index is 2.40. The normalized spacial score (nSPS) is 10.4. The van der Waals surface area contributed by atoms with Crippen molar-refractivity contribution in [1.29, 1.82) is 0 Å². The summed E-state index contributed by atoms with van der Waals surface area (Å²) in [6.07, 6.45) is 0. The Morgan fingerprint density at radius 2 is 1.45 bits per heavy atom. The van der Waals surface area contributed by atoms with Gasteiger partial charge in [0.1, 0.15) is 17.3 Å². The predicted molar refractivity (Wildman–Crippen MR) is 87.0 cm³/mol. The molecule has 20 heavy (non-hydrogen) atoms. The Morgan fingerprint density at radius 3 is 2.10 bits per heavy atom. The van der Waals surface area contributed by atoms with E-state index in [-0.39, 0.29) is 10.2 Å². The summed E-state index contributed by atoms with van der Waals surface area (Å²) in [4.78, 5) is 0. The molecule has 0 spiro atoms. The molecule has 2 aromatic carbocycles. The summed E-state index contributed by atoms with van der Waals surface area (Å²) >= 11 is 9.86. The molecule has 0 unspecified atom stereocenters. The molecular formula is C13H9Br3FNO2. The summed E-state index contributed by atoms with van der Waals surface area (Å²) in [6.45, 7) is 0. The molecule has 0 amide bonds. The molecule has 0 fully saturated rings. The van der Waals surface area contributed by atoms with Gasteiger partial charge in [-0.3, -0.25) is 0 Å². The summed E-state index contributed by atoms with van der Waals surface area (Å²) < 4.78 is 25.9. The van der Waals surface area contributed by atoms with Gasteiger partial charge >= 0.3 is 0 Å². The zero-order chi connectivity index (χ0) is 14.9. The minimum Gasteiger partial charge on any atom is -0.496 e. The van der Waals surface area contributed by atoms with Gasteiger partial charge < -0.3 is 15.2 Å². The summed E-state index contributed by atoms with van der Waals surface area (Å²) in [5, 5.41) is 0. The first-order valence-electron chi connectivity index (χ1n) is 5.37. The van der Waals surface area contributed by atoms with Crippen LogP contribution in [-0.4, -0.2) is 7.11 Å². The molecular weight excluding hydrogens is 461 g/mol. The highest BCUT2D eigenvalue weighted by Gasteiger charge is 2.12. The van der Waals surface area contributed by atoms with E-state index < -0.39 is 5.82 Å². The van der Waals surface area contributed by atoms with Crippen LogP contribution in [0.1, 0.15) is 0 Å². The van der Waals surface area contributed by atoms with Gasteiger partial charge in [-0.2, -0.15) is 0 Å². The predicted octanol–water partition coefficient (Wildman–Crippen LogP) is 5.50. The van der Waals surface area contributed by atoms with E-state index in [0.717, 1.165) is 4.47 Å². The molecule has 0 aromatic heterocycles. The molecule has 3 nitrogen and oxygen atoms in total. The lowest BCUT2D eigenvalue weighted by Gasteiger charge is -2.13. The number of methoxy groups -OCH3 is 1. The zero-order valence-electron chi connectivity index (χ0n) is 10.2. The lowest BCUT2D eigenvalue weighted by Crippen LogP contribution is -1.95. The average molecular weight is 470 g/mol. The molecule has 7 heteroatoms. The van der Waals surface area contributed by atoms with Gasteiger partial charge in [0, 0.05) is 12.1 Å². The van der Waals surface area contributed by atoms with Crippen LogP contribution in [0, 0.1) is 5.82 Å². The first-order chi connectivity index (χ1) is 9.42. The van der Waals surface area contributed by atoms with Crippen LogP contribution in [0.15, 0.2) is 37.7 Å². The minimum atomic E-state index is -0.440. The number of hydrogen-bond donors (Lipinski definition) is 1. The quantitative estimate of drug-likeness (QED) is 0.604. The number of halogens is 4. The summed E-state index contributed by atoms with van der Waals surface area (Å²) in [5.74, 6) is 1.11. The van der Waals surface area contributed by atoms with Crippen molar-refractivity contribution in [3.63, 3.8) is 0 Å². The van der Waals surface area contributed by atoms with Crippen LogP contribution in [0.4, 0.5) is 10.1 Å². The molecule has 0 heterocycles. The van der Waals surface area contributed by atoms with Crippen molar-refractivity contribution in [2.45, 2.75) is 0 Å². The molecule has 0 atom stereocenters. The Kier molecular flexibility index (Phi) is 4.93. The molecule has 0 saturated heterocycles. The van der Waals surface area contributed by atoms with Gasteiger partial charge in [-0.15, -0.1) is 0 Å². The minimum absolute atomic E-state index is 0.213. The zero-order valence-corrected chi connectivity index (χ0v) is 15.0. The fourth-order valence-corrected chi connectivity index (χ4v) is 2.71. The first kappa shape index (κ1) is 15.6. The van der Waals surface area contributed by atoms with E-state index in [4.69, 9.17) is 15.2 Å².